The molecule has 8 heteroatoms. The Morgan fingerprint density at radius 2 is 1.72 bits per heavy atom. The van der Waals surface area contributed by atoms with Crippen molar-refractivity contribution in [1.82, 2.24) is 5.32 Å². The summed E-state index contributed by atoms with van der Waals surface area (Å²) < 4.78 is 7.31. The van der Waals surface area contributed by atoms with Gasteiger partial charge in [0, 0.05) is 0 Å². The van der Waals surface area contributed by atoms with Gasteiger partial charge in [0.25, 0.3) is 11.8 Å². The number of carbonyl (C=O) groups is 3. The zero-order valence-electron chi connectivity index (χ0n) is 15.4. The Morgan fingerprint density at radius 1 is 1.10 bits per heavy atom. The maximum Gasteiger partial charge on any atom is 0.335 e. The Labute approximate surface area is 195 Å². The number of amides is 4. The number of anilines is 1. The van der Waals surface area contributed by atoms with Gasteiger partial charge in [0.15, 0.2) is 0 Å². The molecule has 6 nitrogen and oxygen atoms in total. The van der Waals surface area contributed by atoms with E-state index in [1.54, 1.807) is 42.5 Å². The van der Waals surface area contributed by atoms with Gasteiger partial charge in [-0.05, 0) is 88.0 Å². The maximum absolute atomic E-state index is 13.0. The van der Waals surface area contributed by atoms with E-state index in [0.717, 1.165) is 17.6 Å². The van der Waals surface area contributed by atoms with Crippen molar-refractivity contribution in [3.63, 3.8) is 0 Å². The molecule has 0 radical (unpaired) electrons. The molecule has 2 aromatic carbocycles. The lowest BCUT2D eigenvalue weighted by molar-refractivity contribution is -0.122. The van der Waals surface area contributed by atoms with Gasteiger partial charge in [0.05, 0.1) is 12.8 Å². The van der Waals surface area contributed by atoms with Crippen LogP contribution in [0.1, 0.15) is 11.1 Å². The SMILES string of the molecule is C=CCOc1c(I)cc(C=C2C(=O)NC(=O)N(c3ccc(C)cc3)C2=O)cc1I. The van der Waals surface area contributed by atoms with E-state index >= 15 is 0 Å². The highest BCUT2D eigenvalue weighted by Crippen LogP contribution is 2.30. The molecule has 148 valence electrons. The number of hydrogen-bond donors (Lipinski definition) is 1. The van der Waals surface area contributed by atoms with E-state index in [9.17, 15) is 14.4 Å². The minimum Gasteiger partial charge on any atom is -0.487 e. The fraction of sp³-hybridized carbons (Fsp3) is 0.0952. The molecule has 1 aliphatic rings. The standard InChI is InChI=1S/C21H16I2N2O4/c1-3-8-29-18-16(22)10-13(11-17(18)23)9-15-19(26)24-21(28)25(20(15)27)14-6-4-12(2)5-7-14/h3-7,9-11H,1,8H2,2H3,(H,24,26,28). The molecule has 0 atom stereocenters. The smallest absolute Gasteiger partial charge is 0.335 e. The van der Waals surface area contributed by atoms with Crippen LogP contribution in [0, 0.1) is 14.1 Å². The summed E-state index contributed by atoms with van der Waals surface area (Å²) in [5.41, 5.74) is 1.93. The molecule has 1 fully saturated rings. The number of rotatable bonds is 5. The molecule has 29 heavy (non-hydrogen) atoms. The van der Waals surface area contributed by atoms with E-state index in [4.69, 9.17) is 4.74 Å². The first-order valence-corrected chi connectivity index (χ1v) is 10.7. The summed E-state index contributed by atoms with van der Waals surface area (Å²) in [5, 5.41) is 2.23. The van der Waals surface area contributed by atoms with Crippen LogP contribution in [0.5, 0.6) is 5.75 Å². The van der Waals surface area contributed by atoms with E-state index in [1.807, 2.05) is 6.92 Å². The average molecular weight is 614 g/mol. The fourth-order valence-electron chi connectivity index (χ4n) is 2.70. The number of imide groups is 2. The number of urea groups is 1. The van der Waals surface area contributed by atoms with Crippen molar-refractivity contribution < 1.29 is 19.1 Å². The molecule has 1 saturated heterocycles. The molecule has 0 bridgehead atoms. The minimum atomic E-state index is -0.765. The summed E-state index contributed by atoms with van der Waals surface area (Å²) in [6, 6.07) is 9.77. The van der Waals surface area contributed by atoms with Crippen LogP contribution >= 0.6 is 45.2 Å². The number of nitrogens with zero attached hydrogens (tertiary/aromatic N) is 1. The second-order valence-corrected chi connectivity index (χ2v) is 8.53. The fourth-order valence-corrected chi connectivity index (χ4v) is 4.82. The van der Waals surface area contributed by atoms with Crippen molar-refractivity contribution in [2.75, 3.05) is 11.5 Å². The Bertz CT molecular complexity index is 1020. The van der Waals surface area contributed by atoms with Crippen molar-refractivity contribution in [3.05, 3.63) is 72.9 Å². The topological polar surface area (TPSA) is 75.7 Å². The number of carbonyl (C=O) groups excluding carboxylic acids is 3. The number of aryl methyl sites for hydroxylation is 1. The third kappa shape index (κ3) is 4.69. The van der Waals surface area contributed by atoms with Crippen molar-refractivity contribution in [2.24, 2.45) is 0 Å². The van der Waals surface area contributed by atoms with Crippen LogP contribution in [-0.2, 0) is 9.59 Å². The number of hydrogen-bond acceptors (Lipinski definition) is 4. The van der Waals surface area contributed by atoms with Crippen LogP contribution in [0.4, 0.5) is 10.5 Å². The summed E-state index contributed by atoms with van der Waals surface area (Å²) >= 11 is 4.26. The highest BCUT2D eigenvalue weighted by molar-refractivity contribution is 14.1. The molecule has 3 rings (SSSR count). The maximum atomic E-state index is 13.0. The molecular weight excluding hydrogens is 598 g/mol. The van der Waals surface area contributed by atoms with E-state index in [-0.39, 0.29) is 5.57 Å². The molecule has 0 unspecified atom stereocenters. The Morgan fingerprint density at radius 3 is 2.31 bits per heavy atom. The lowest BCUT2D eigenvalue weighted by Crippen LogP contribution is -2.54. The predicted octanol–water partition coefficient (Wildman–Crippen LogP) is 4.44. The summed E-state index contributed by atoms with van der Waals surface area (Å²) in [6.07, 6.45) is 3.14. The summed E-state index contributed by atoms with van der Waals surface area (Å²) in [7, 11) is 0. The average Bonchev–Trinajstić information content (AvgIpc) is 2.66. The van der Waals surface area contributed by atoms with Gasteiger partial charge in [-0.2, -0.15) is 0 Å². The van der Waals surface area contributed by atoms with Gasteiger partial charge in [-0.3, -0.25) is 14.9 Å². The lowest BCUT2D eigenvalue weighted by Gasteiger charge is -2.26. The summed E-state index contributed by atoms with van der Waals surface area (Å²) in [4.78, 5) is 38.5. The van der Waals surface area contributed by atoms with Gasteiger partial charge in [0.2, 0.25) is 0 Å². The van der Waals surface area contributed by atoms with Crippen LogP contribution in [0.15, 0.2) is 54.6 Å². The number of barbiturate groups is 1. The number of ether oxygens (including phenoxy) is 1. The highest BCUT2D eigenvalue weighted by Gasteiger charge is 2.36. The summed E-state index contributed by atoms with van der Waals surface area (Å²) in [6.45, 7) is 5.92. The number of nitrogens with one attached hydrogen (secondary N) is 1. The van der Waals surface area contributed by atoms with E-state index < -0.39 is 17.8 Å². The van der Waals surface area contributed by atoms with Crippen molar-refractivity contribution in [1.29, 1.82) is 0 Å². The monoisotopic (exact) mass is 614 g/mol. The van der Waals surface area contributed by atoms with Gasteiger partial charge in [0.1, 0.15) is 17.9 Å². The predicted molar refractivity (Wildman–Crippen MR) is 128 cm³/mol. The minimum absolute atomic E-state index is 0.114. The third-order valence-corrected chi connectivity index (χ3v) is 5.67. The van der Waals surface area contributed by atoms with Crippen LogP contribution in [0.3, 0.4) is 0 Å². The first-order valence-electron chi connectivity index (χ1n) is 8.52. The zero-order chi connectivity index (χ0) is 21.1. The van der Waals surface area contributed by atoms with Gasteiger partial charge in [-0.15, -0.1) is 0 Å². The van der Waals surface area contributed by atoms with Crippen LogP contribution in [0.2, 0.25) is 0 Å². The van der Waals surface area contributed by atoms with Crippen molar-refractivity contribution in [2.45, 2.75) is 6.92 Å². The largest absolute Gasteiger partial charge is 0.487 e. The Kier molecular flexibility index (Phi) is 6.73. The Hall–Kier alpha value is -2.21. The third-order valence-electron chi connectivity index (χ3n) is 4.07. The molecule has 1 heterocycles. The molecule has 0 aromatic heterocycles. The van der Waals surface area contributed by atoms with Gasteiger partial charge in [-0.1, -0.05) is 30.4 Å². The normalized spacial score (nSPS) is 15.5. The molecule has 0 saturated carbocycles. The molecule has 0 aliphatic carbocycles. The van der Waals surface area contributed by atoms with E-state index in [2.05, 4.69) is 57.1 Å². The molecule has 0 spiro atoms. The van der Waals surface area contributed by atoms with E-state index in [1.165, 1.54) is 6.08 Å². The first-order chi connectivity index (χ1) is 13.8. The molecular formula is C21H16I2N2O4. The highest BCUT2D eigenvalue weighted by atomic mass is 127. The zero-order valence-corrected chi connectivity index (χ0v) is 19.7. The van der Waals surface area contributed by atoms with E-state index in [0.29, 0.717) is 23.6 Å². The van der Waals surface area contributed by atoms with Gasteiger partial charge >= 0.3 is 6.03 Å². The van der Waals surface area contributed by atoms with Crippen LogP contribution in [-0.4, -0.2) is 24.5 Å². The van der Waals surface area contributed by atoms with Crippen molar-refractivity contribution >= 4 is 74.8 Å². The van der Waals surface area contributed by atoms with Gasteiger partial charge < -0.3 is 4.74 Å². The lowest BCUT2D eigenvalue weighted by atomic mass is 10.1. The molecule has 4 amide bonds. The first kappa shape index (κ1) is 21.5. The molecule has 1 N–H and O–H groups in total. The Balaban J connectivity index is 1.98. The second-order valence-electron chi connectivity index (χ2n) is 6.21. The van der Waals surface area contributed by atoms with Gasteiger partial charge in [-0.25, -0.2) is 9.69 Å². The summed E-state index contributed by atoms with van der Waals surface area (Å²) in [5.74, 6) is -0.677. The molecule has 1 aliphatic heterocycles. The number of benzene rings is 2. The second kappa shape index (κ2) is 9.08. The van der Waals surface area contributed by atoms with Crippen molar-refractivity contribution in [3.8, 4) is 5.75 Å². The number of halogens is 2. The van der Waals surface area contributed by atoms with Crippen LogP contribution < -0.4 is 15.0 Å². The molecule has 2 aromatic rings. The van der Waals surface area contributed by atoms with Crippen LogP contribution in [0.25, 0.3) is 6.08 Å². The quantitative estimate of drug-likeness (QED) is 0.234.